The van der Waals surface area contributed by atoms with Crippen LogP contribution in [0.3, 0.4) is 0 Å². The van der Waals surface area contributed by atoms with E-state index in [9.17, 15) is 14.7 Å². The Morgan fingerprint density at radius 3 is 2.45 bits per heavy atom. The van der Waals surface area contributed by atoms with E-state index in [1.54, 1.807) is 0 Å². The van der Waals surface area contributed by atoms with Crippen LogP contribution in [-0.4, -0.2) is 28.6 Å². The summed E-state index contributed by atoms with van der Waals surface area (Å²) in [7, 11) is 0. The number of benzene rings is 1. The maximum absolute atomic E-state index is 11.9. The molecule has 110 valence electrons. The minimum Gasteiger partial charge on any atom is -0.507 e. The molecule has 0 radical (unpaired) electrons. The molecule has 0 aliphatic rings. The summed E-state index contributed by atoms with van der Waals surface area (Å²) in [4.78, 5) is 23.6. The zero-order chi connectivity index (χ0) is 15.5. The first kappa shape index (κ1) is 16.3. The highest BCUT2D eigenvalue weighted by Gasteiger charge is 2.24. The molecule has 1 aromatic carbocycles. The predicted molar refractivity (Wildman–Crippen MR) is 75.9 cm³/mol. The molecule has 0 aliphatic carbocycles. The Kier molecular flexibility index (Phi) is 5.00. The number of hydrogen-bond donors (Lipinski definition) is 2. The van der Waals surface area contributed by atoms with Crippen LogP contribution in [0, 0.1) is 0 Å². The molecule has 0 aliphatic heterocycles. The quantitative estimate of drug-likeness (QED) is 0.841. The lowest BCUT2D eigenvalue weighted by Crippen LogP contribution is -2.46. The number of ether oxygens (including phenoxy) is 1. The van der Waals surface area contributed by atoms with Gasteiger partial charge in [-0.15, -0.1) is 0 Å². The van der Waals surface area contributed by atoms with Crippen molar-refractivity contribution in [1.29, 1.82) is 0 Å². The molecule has 1 rings (SSSR count). The number of esters is 1. The van der Waals surface area contributed by atoms with Gasteiger partial charge in [-0.05, 0) is 45.9 Å². The van der Waals surface area contributed by atoms with Crippen molar-refractivity contribution in [3.8, 4) is 5.75 Å². The first-order valence-corrected chi connectivity index (χ1v) is 6.49. The Morgan fingerprint density at radius 2 is 1.95 bits per heavy atom. The number of hydrogen-bond acceptors (Lipinski definition) is 4. The van der Waals surface area contributed by atoms with Gasteiger partial charge in [0, 0.05) is 10.6 Å². The molecule has 0 heterocycles. The van der Waals surface area contributed by atoms with Crippen molar-refractivity contribution in [3.63, 3.8) is 0 Å². The standard InChI is InChI=1S/C14H18ClNO4/c1-8(12(18)16-14(2,3)4)20-13(19)10-6-5-9(15)7-11(10)17/h5-8,17H,1-4H3,(H,16,18)/t8-/m0/s1. The van der Waals surface area contributed by atoms with Crippen LogP contribution < -0.4 is 5.32 Å². The van der Waals surface area contributed by atoms with Gasteiger partial charge in [0.2, 0.25) is 0 Å². The average molecular weight is 300 g/mol. The third-order valence-electron chi connectivity index (χ3n) is 2.33. The second-order valence-corrected chi connectivity index (χ2v) is 5.88. The first-order valence-electron chi connectivity index (χ1n) is 6.11. The second kappa shape index (κ2) is 6.13. The number of halogens is 1. The van der Waals surface area contributed by atoms with Crippen LogP contribution in [0.4, 0.5) is 0 Å². The van der Waals surface area contributed by atoms with Crippen LogP contribution in [-0.2, 0) is 9.53 Å². The Balaban J connectivity index is 2.73. The number of rotatable bonds is 3. The molecule has 0 unspecified atom stereocenters. The molecule has 1 atom stereocenters. The Bertz CT molecular complexity index is 522. The van der Waals surface area contributed by atoms with Gasteiger partial charge in [0.05, 0.1) is 0 Å². The van der Waals surface area contributed by atoms with Crippen LogP contribution in [0.1, 0.15) is 38.1 Å². The molecular formula is C14H18ClNO4. The highest BCUT2D eigenvalue weighted by atomic mass is 35.5. The zero-order valence-electron chi connectivity index (χ0n) is 11.9. The lowest BCUT2D eigenvalue weighted by Gasteiger charge is -2.23. The summed E-state index contributed by atoms with van der Waals surface area (Å²) in [6, 6.07) is 4.03. The third kappa shape index (κ3) is 4.74. The summed E-state index contributed by atoms with van der Waals surface area (Å²) < 4.78 is 5.01. The van der Waals surface area contributed by atoms with Crippen molar-refractivity contribution >= 4 is 23.5 Å². The highest BCUT2D eigenvalue weighted by molar-refractivity contribution is 6.30. The van der Waals surface area contributed by atoms with Crippen molar-refractivity contribution in [2.75, 3.05) is 0 Å². The molecule has 0 fully saturated rings. The second-order valence-electron chi connectivity index (χ2n) is 5.45. The van der Waals surface area contributed by atoms with E-state index < -0.39 is 23.5 Å². The van der Waals surface area contributed by atoms with Crippen molar-refractivity contribution in [2.24, 2.45) is 0 Å². The van der Waals surface area contributed by atoms with Crippen LogP contribution in [0.2, 0.25) is 5.02 Å². The molecule has 6 heteroatoms. The molecule has 5 nitrogen and oxygen atoms in total. The summed E-state index contributed by atoms with van der Waals surface area (Å²) >= 11 is 5.67. The van der Waals surface area contributed by atoms with E-state index in [1.807, 2.05) is 20.8 Å². The van der Waals surface area contributed by atoms with Crippen LogP contribution in [0.15, 0.2) is 18.2 Å². The number of aromatic hydroxyl groups is 1. The predicted octanol–water partition coefficient (Wildman–Crippen LogP) is 2.51. The van der Waals surface area contributed by atoms with Gasteiger partial charge in [0.1, 0.15) is 11.3 Å². The Labute approximate surface area is 122 Å². The maximum Gasteiger partial charge on any atom is 0.342 e. The Morgan fingerprint density at radius 1 is 1.35 bits per heavy atom. The van der Waals surface area contributed by atoms with Gasteiger partial charge >= 0.3 is 5.97 Å². The number of nitrogens with one attached hydrogen (secondary N) is 1. The smallest absolute Gasteiger partial charge is 0.342 e. The Hall–Kier alpha value is -1.75. The number of carbonyl (C=O) groups excluding carboxylic acids is 2. The SMILES string of the molecule is C[C@H](OC(=O)c1ccc(Cl)cc1O)C(=O)NC(C)(C)C. The van der Waals surface area contributed by atoms with Crippen molar-refractivity contribution in [1.82, 2.24) is 5.32 Å². The van der Waals surface area contributed by atoms with Crippen molar-refractivity contribution in [2.45, 2.75) is 39.3 Å². The van der Waals surface area contributed by atoms with Crippen LogP contribution >= 0.6 is 11.6 Å². The lowest BCUT2D eigenvalue weighted by atomic mass is 10.1. The molecular weight excluding hydrogens is 282 g/mol. The average Bonchev–Trinajstić information content (AvgIpc) is 2.26. The summed E-state index contributed by atoms with van der Waals surface area (Å²) in [6.07, 6.45) is -0.961. The zero-order valence-corrected chi connectivity index (χ0v) is 12.6. The van der Waals surface area contributed by atoms with Crippen molar-refractivity contribution in [3.05, 3.63) is 28.8 Å². The molecule has 1 amide bonds. The van der Waals surface area contributed by atoms with E-state index in [0.29, 0.717) is 5.02 Å². The monoisotopic (exact) mass is 299 g/mol. The van der Waals surface area contributed by atoms with Crippen LogP contribution in [0.5, 0.6) is 5.75 Å². The largest absolute Gasteiger partial charge is 0.507 e. The fraction of sp³-hybridized carbons (Fsp3) is 0.429. The fourth-order valence-corrected chi connectivity index (χ4v) is 1.59. The molecule has 0 aromatic heterocycles. The summed E-state index contributed by atoms with van der Waals surface area (Å²) in [5.41, 5.74) is -0.454. The minimum absolute atomic E-state index is 0.0372. The van der Waals surface area contributed by atoms with Gasteiger partial charge in [-0.1, -0.05) is 11.6 Å². The third-order valence-corrected chi connectivity index (χ3v) is 2.57. The molecule has 0 saturated carbocycles. The van der Waals surface area contributed by atoms with Gasteiger partial charge in [-0.2, -0.15) is 0 Å². The number of phenols is 1. The minimum atomic E-state index is -0.961. The molecule has 20 heavy (non-hydrogen) atoms. The van der Waals surface area contributed by atoms with E-state index in [1.165, 1.54) is 25.1 Å². The number of carbonyl (C=O) groups is 2. The van der Waals surface area contributed by atoms with E-state index in [0.717, 1.165) is 0 Å². The first-order chi connectivity index (χ1) is 9.10. The van der Waals surface area contributed by atoms with Gasteiger partial charge < -0.3 is 15.2 Å². The lowest BCUT2D eigenvalue weighted by molar-refractivity contribution is -0.130. The topological polar surface area (TPSA) is 75.6 Å². The summed E-state index contributed by atoms with van der Waals surface area (Å²) in [5, 5.41) is 12.6. The summed E-state index contributed by atoms with van der Waals surface area (Å²) in [6.45, 7) is 6.94. The molecule has 0 bridgehead atoms. The fourth-order valence-electron chi connectivity index (χ4n) is 1.43. The molecule has 0 saturated heterocycles. The van der Waals surface area contributed by atoms with E-state index in [2.05, 4.69) is 5.32 Å². The normalized spacial score (nSPS) is 12.7. The van der Waals surface area contributed by atoms with E-state index >= 15 is 0 Å². The maximum atomic E-state index is 11.9. The van der Waals surface area contributed by atoms with Gasteiger partial charge in [0.15, 0.2) is 6.10 Å². The number of amides is 1. The van der Waals surface area contributed by atoms with Crippen LogP contribution in [0.25, 0.3) is 0 Å². The van der Waals surface area contributed by atoms with Crippen molar-refractivity contribution < 1.29 is 19.4 Å². The molecule has 1 aromatic rings. The van der Waals surface area contributed by atoms with E-state index in [4.69, 9.17) is 16.3 Å². The van der Waals surface area contributed by atoms with Gasteiger partial charge in [-0.3, -0.25) is 4.79 Å². The highest BCUT2D eigenvalue weighted by Crippen LogP contribution is 2.23. The molecule has 2 N–H and O–H groups in total. The molecule has 0 spiro atoms. The van der Waals surface area contributed by atoms with Gasteiger partial charge in [-0.25, -0.2) is 4.79 Å². The number of phenolic OH excluding ortho intramolecular Hbond substituents is 1. The van der Waals surface area contributed by atoms with E-state index in [-0.39, 0.29) is 11.3 Å². The van der Waals surface area contributed by atoms with Gasteiger partial charge in [0.25, 0.3) is 5.91 Å². The summed E-state index contributed by atoms with van der Waals surface area (Å²) in [5.74, 6) is -1.47.